The van der Waals surface area contributed by atoms with E-state index in [1.807, 2.05) is 0 Å². The summed E-state index contributed by atoms with van der Waals surface area (Å²) in [5.41, 5.74) is 5.65. The second kappa shape index (κ2) is 6.91. The Labute approximate surface area is 130 Å². The molecule has 114 valence electrons. The van der Waals surface area contributed by atoms with Crippen LogP contribution in [0.4, 0.5) is 5.82 Å². The van der Waals surface area contributed by atoms with Gasteiger partial charge in [0.05, 0.1) is 5.02 Å². The number of pyridine rings is 1. The van der Waals surface area contributed by atoms with Crippen LogP contribution in [0.15, 0.2) is 17.2 Å². The highest BCUT2D eigenvalue weighted by Gasteiger charge is 2.30. The lowest BCUT2D eigenvalue weighted by Crippen LogP contribution is -2.44. The van der Waals surface area contributed by atoms with Gasteiger partial charge in [0.15, 0.2) is 0 Å². The normalized spacial score (nSPS) is 16.9. The third-order valence-corrected chi connectivity index (χ3v) is 5.47. The van der Waals surface area contributed by atoms with E-state index in [2.05, 4.69) is 10.3 Å². The maximum absolute atomic E-state index is 12.5. The smallest absolute Gasteiger partial charge is 0.246 e. The molecule has 0 aromatic carbocycles. The molecule has 0 unspecified atom stereocenters. The van der Waals surface area contributed by atoms with E-state index in [0.717, 1.165) is 25.9 Å². The highest BCUT2D eigenvalue weighted by molar-refractivity contribution is 7.89. The van der Waals surface area contributed by atoms with Crippen molar-refractivity contribution in [2.24, 2.45) is 0 Å². The van der Waals surface area contributed by atoms with Gasteiger partial charge in [-0.05, 0) is 32.0 Å². The molecule has 0 aliphatic carbocycles. The molecule has 3 N–H and O–H groups in total. The van der Waals surface area contributed by atoms with Crippen molar-refractivity contribution in [3.05, 3.63) is 17.3 Å². The Balaban J connectivity index is 0.00000200. The Morgan fingerprint density at radius 2 is 2.05 bits per heavy atom. The number of sulfonamides is 1. The molecular weight excluding hydrogens is 323 g/mol. The van der Waals surface area contributed by atoms with Crippen LogP contribution in [-0.4, -0.2) is 43.9 Å². The van der Waals surface area contributed by atoms with Crippen LogP contribution in [0.5, 0.6) is 0 Å². The Hall–Kier alpha value is -0.600. The Kier molecular flexibility index (Phi) is 6.03. The molecular formula is C11H18Cl2N4O2S. The molecule has 0 radical (unpaired) electrons. The van der Waals surface area contributed by atoms with Crippen LogP contribution in [0.3, 0.4) is 0 Å². The number of nitrogens with zero attached hydrogens (tertiary/aromatic N) is 2. The van der Waals surface area contributed by atoms with Crippen molar-refractivity contribution >= 4 is 39.8 Å². The minimum Gasteiger partial charge on any atom is -0.383 e. The predicted molar refractivity (Wildman–Crippen MR) is 81.7 cm³/mol. The van der Waals surface area contributed by atoms with E-state index in [1.54, 1.807) is 7.05 Å². The zero-order chi connectivity index (χ0) is 14.0. The summed E-state index contributed by atoms with van der Waals surface area (Å²) in [6.07, 6.45) is 2.90. The summed E-state index contributed by atoms with van der Waals surface area (Å²) in [6, 6.07) is 1.32. The number of piperidine rings is 1. The third-order valence-electron chi connectivity index (χ3n) is 3.33. The van der Waals surface area contributed by atoms with Crippen LogP contribution in [0.25, 0.3) is 0 Å². The molecule has 1 aromatic rings. The summed E-state index contributed by atoms with van der Waals surface area (Å²) < 4.78 is 26.4. The molecule has 0 saturated carbocycles. The van der Waals surface area contributed by atoms with Crippen LogP contribution < -0.4 is 11.1 Å². The van der Waals surface area contributed by atoms with Crippen molar-refractivity contribution in [1.82, 2.24) is 14.6 Å². The number of halogens is 2. The van der Waals surface area contributed by atoms with Crippen molar-refractivity contribution in [1.29, 1.82) is 0 Å². The second-order valence-electron chi connectivity index (χ2n) is 4.54. The van der Waals surface area contributed by atoms with Crippen LogP contribution >= 0.6 is 24.0 Å². The lowest BCUT2D eigenvalue weighted by Gasteiger charge is -2.31. The first kappa shape index (κ1) is 17.5. The van der Waals surface area contributed by atoms with Crippen molar-refractivity contribution in [3.8, 4) is 0 Å². The SMILES string of the molecule is CN(C1CCNCC1)S(=O)(=O)c1cc(Cl)cnc1N.Cl. The molecule has 0 spiro atoms. The summed E-state index contributed by atoms with van der Waals surface area (Å²) in [5, 5.41) is 3.46. The first-order valence-electron chi connectivity index (χ1n) is 6.02. The third kappa shape index (κ3) is 3.53. The van der Waals surface area contributed by atoms with Crippen LogP contribution in [-0.2, 0) is 10.0 Å². The number of nitrogens with two attached hydrogens (primary N) is 1. The van der Waals surface area contributed by atoms with Crippen molar-refractivity contribution in [2.45, 2.75) is 23.8 Å². The Morgan fingerprint density at radius 3 is 2.65 bits per heavy atom. The Bertz CT molecular complexity index is 562. The molecule has 0 amide bonds. The fourth-order valence-electron chi connectivity index (χ4n) is 2.16. The lowest BCUT2D eigenvalue weighted by molar-refractivity contribution is 0.296. The van der Waals surface area contributed by atoms with Gasteiger partial charge in [-0.15, -0.1) is 12.4 Å². The minimum absolute atomic E-state index is 0. The van der Waals surface area contributed by atoms with Gasteiger partial charge in [-0.3, -0.25) is 0 Å². The molecule has 0 bridgehead atoms. The van der Waals surface area contributed by atoms with E-state index < -0.39 is 10.0 Å². The van der Waals surface area contributed by atoms with E-state index in [1.165, 1.54) is 16.6 Å². The summed E-state index contributed by atoms with van der Waals surface area (Å²) >= 11 is 5.80. The lowest BCUT2D eigenvalue weighted by atomic mass is 10.1. The topological polar surface area (TPSA) is 88.3 Å². The molecule has 1 aliphatic rings. The van der Waals surface area contributed by atoms with E-state index in [0.29, 0.717) is 0 Å². The van der Waals surface area contributed by atoms with Gasteiger partial charge >= 0.3 is 0 Å². The average Bonchev–Trinajstić information content (AvgIpc) is 2.41. The zero-order valence-electron chi connectivity index (χ0n) is 11.0. The number of aromatic nitrogens is 1. The average molecular weight is 341 g/mol. The molecule has 1 aromatic heterocycles. The number of hydrogen-bond donors (Lipinski definition) is 2. The Morgan fingerprint density at radius 1 is 1.45 bits per heavy atom. The molecule has 1 aliphatic heterocycles. The molecule has 20 heavy (non-hydrogen) atoms. The number of nitrogen functional groups attached to an aromatic ring is 1. The largest absolute Gasteiger partial charge is 0.383 e. The monoisotopic (exact) mass is 340 g/mol. The molecule has 2 heterocycles. The first-order valence-corrected chi connectivity index (χ1v) is 7.84. The first-order chi connectivity index (χ1) is 8.93. The van der Waals surface area contributed by atoms with Gasteiger partial charge in [0, 0.05) is 19.3 Å². The molecule has 2 rings (SSSR count). The fraction of sp³-hybridized carbons (Fsp3) is 0.545. The summed E-state index contributed by atoms with van der Waals surface area (Å²) in [6.45, 7) is 1.63. The van der Waals surface area contributed by atoms with E-state index in [9.17, 15) is 8.42 Å². The molecule has 1 saturated heterocycles. The van der Waals surface area contributed by atoms with Crippen LogP contribution in [0.2, 0.25) is 5.02 Å². The number of hydrogen-bond acceptors (Lipinski definition) is 5. The predicted octanol–water partition coefficient (Wildman–Crippen LogP) is 1.11. The highest BCUT2D eigenvalue weighted by atomic mass is 35.5. The van der Waals surface area contributed by atoms with Crippen molar-refractivity contribution in [3.63, 3.8) is 0 Å². The molecule has 0 atom stereocenters. The number of nitrogens with one attached hydrogen (secondary N) is 1. The van der Waals surface area contributed by atoms with E-state index in [4.69, 9.17) is 17.3 Å². The maximum Gasteiger partial charge on any atom is 0.246 e. The summed E-state index contributed by atoms with van der Waals surface area (Å²) in [5.74, 6) is -0.0230. The summed E-state index contributed by atoms with van der Waals surface area (Å²) in [4.78, 5) is 3.77. The second-order valence-corrected chi connectivity index (χ2v) is 6.94. The zero-order valence-corrected chi connectivity index (χ0v) is 13.4. The molecule has 1 fully saturated rings. The van der Waals surface area contributed by atoms with Gasteiger partial charge < -0.3 is 11.1 Å². The standard InChI is InChI=1S/C11H17ClN4O2S.ClH/c1-16(9-2-4-14-5-3-9)19(17,18)10-6-8(12)7-15-11(10)13;/h6-7,9,14H,2-5H2,1H3,(H2,13,15);1H. The van der Waals surface area contributed by atoms with Gasteiger partial charge in [-0.25, -0.2) is 13.4 Å². The minimum atomic E-state index is -3.66. The van der Waals surface area contributed by atoms with Crippen molar-refractivity contribution in [2.75, 3.05) is 25.9 Å². The summed E-state index contributed by atoms with van der Waals surface area (Å²) in [7, 11) is -2.08. The highest BCUT2D eigenvalue weighted by Crippen LogP contribution is 2.26. The van der Waals surface area contributed by atoms with E-state index in [-0.39, 0.29) is 34.2 Å². The maximum atomic E-state index is 12.5. The van der Waals surface area contributed by atoms with Gasteiger partial charge in [0.2, 0.25) is 10.0 Å². The van der Waals surface area contributed by atoms with Crippen LogP contribution in [0.1, 0.15) is 12.8 Å². The van der Waals surface area contributed by atoms with Gasteiger partial charge in [0.25, 0.3) is 0 Å². The van der Waals surface area contributed by atoms with Gasteiger partial charge in [0.1, 0.15) is 10.7 Å². The van der Waals surface area contributed by atoms with Crippen LogP contribution in [0, 0.1) is 0 Å². The van der Waals surface area contributed by atoms with E-state index >= 15 is 0 Å². The number of anilines is 1. The fourth-order valence-corrected chi connectivity index (χ4v) is 3.89. The molecule has 9 heteroatoms. The van der Waals surface area contributed by atoms with Gasteiger partial charge in [-0.1, -0.05) is 11.6 Å². The molecule has 6 nitrogen and oxygen atoms in total. The van der Waals surface area contributed by atoms with Crippen molar-refractivity contribution < 1.29 is 8.42 Å². The number of rotatable bonds is 3. The quantitative estimate of drug-likeness (QED) is 0.860. The van der Waals surface area contributed by atoms with Gasteiger partial charge in [-0.2, -0.15) is 4.31 Å².